The van der Waals surface area contributed by atoms with Crippen molar-refractivity contribution in [2.24, 2.45) is 0 Å². The van der Waals surface area contributed by atoms with E-state index in [0.29, 0.717) is 30.1 Å². The summed E-state index contributed by atoms with van der Waals surface area (Å²) in [6, 6.07) is 11.3. The molecule has 2 aromatic rings. The number of anilines is 2. The Morgan fingerprint density at radius 1 is 0.900 bits per heavy atom. The van der Waals surface area contributed by atoms with Gasteiger partial charge in [0.15, 0.2) is 0 Å². The van der Waals surface area contributed by atoms with Crippen LogP contribution in [0.2, 0.25) is 0 Å². The van der Waals surface area contributed by atoms with Gasteiger partial charge in [0.05, 0.1) is 0 Å². The van der Waals surface area contributed by atoms with E-state index in [1.807, 2.05) is 0 Å². The van der Waals surface area contributed by atoms with Crippen LogP contribution in [0.1, 0.15) is 23.2 Å². The minimum Gasteiger partial charge on any atom is -0.368 e. The van der Waals surface area contributed by atoms with Gasteiger partial charge in [-0.1, -0.05) is 0 Å². The van der Waals surface area contributed by atoms with E-state index < -0.39 is 6.03 Å². The van der Waals surface area contributed by atoms with Crippen LogP contribution in [0.25, 0.3) is 0 Å². The summed E-state index contributed by atoms with van der Waals surface area (Å²) in [6.45, 7) is 1.21. The Morgan fingerprint density at radius 2 is 1.50 bits per heavy atom. The number of rotatable bonds is 7. The van der Waals surface area contributed by atoms with Crippen LogP contribution < -0.4 is 21.3 Å². The van der Waals surface area contributed by atoms with Crippen LogP contribution in [0.15, 0.2) is 48.5 Å². The Bertz CT molecular complexity index is 881. The van der Waals surface area contributed by atoms with Crippen molar-refractivity contribution in [3.63, 3.8) is 0 Å². The molecule has 1 aliphatic rings. The maximum absolute atomic E-state index is 12.9. The van der Waals surface area contributed by atoms with Crippen LogP contribution in [-0.2, 0) is 9.53 Å². The molecule has 0 aromatic heterocycles. The van der Waals surface area contributed by atoms with Crippen LogP contribution >= 0.6 is 0 Å². The van der Waals surface area contributed by atoms with Gasteiger partial charge in [0.1, 0.15) is 11.9 Å². The molecule has 4 amide bonds. The average Bonchev–Trinajstić information content (AvgIpc) is 3.28. The second kappa shape index (κ2) is 10.4. The molecule has 9 heteroatoms. The molecule has 4 N–H and O–H groups in total. The quantitative estimate of drug-likeness (QED) is 0.522. The van der Waals surface area contributed by atoms with E-state index in [0.717, 1.165) is 12.8 Å². The minimum absolute atomic E-state index is 0.156. The first kappa shape index (κ1) is 21.3. The molecular formula is C21H23FN4O4. The van der Waals surface area contributed by atoms with Gasteiger partial charge in [0.25, 0.3) is 5.91 Å². The van der Waals surface area contributed by atoms with E-state index in [9.17, 15) is 18.8 Å². The first-order valence-electron chi connectivity index (χ1n) is 9.62. The standard InChI is InChI=1S/C21H23FN4O4/c22-15-5-9-17(10-6-15)26-21(29)25-16-7-3-14(4-8-16)19(27)23-11-12-24-20(28)18-2-1-13-30-18/h3-10,18H,1-2,11-13H2,(H,23,27)(H,24,28)(H2,25,26,29). The van der Waals surface area contributed by atoms with Gasteiger partial charge < -0.3 is 26.0 Å². The minimum atomic E-state index is -0.485. The number of benzene rings is 2. The van der Waals surface area contributed by atoms with Gasteiger partial charge in [-0.15, -0.1) is 0 Å². The third-order valence-electron chi connectivity index (χ3n) is 4.44. The number of hydrogen-bond acceptors (Lipinski definition) is 4. The first-order valence-corrected chi connectivity index (χ1v) is 9.62. The van der Waals surface area contributed by atoms with Crippen molar-refractivity contribution in [2.45, 2.75) is 18.9 Å². The Labute approximate surface area is 173 Å². The van der Waals surface area contributed by atoms with E-state index in [4.69, 9.17) is 4.74 Å². The topological polar surface area (TPSA) is 109 Å². The van der Waals surface area contributed by atoms with Crippen LogP contribution in [0.5, 0.6) is 0 Å². The second-order valence-corrected chi connectivity index (χ2v) is 6.71. The highest BCUT2D eigenvalue weighted by atomic mass is 19.1. The molecule has 2 aromatic carbocycles. The third-order valence-corrected chi connectivity index (χ3v) is 4.44. The molecule has 0 radical (unpaired) electrons. The second-order valence-electron chi connectivity index (χ2n) is 6.71. The van der Waals surface area contributed by atoms with Crippen molar-refractivity contribution in [2.75, 3.05) is 30.3 Å². The maximum Gasteiger partial charge on any atom is 0.323 e. The highest BCUT2D eigenvalue weighted by Crippen LogP contribution is 2.13. The molecular weight excluding hydrogens is 391 g/mol. The molecule has 1 heterocycles. The molecule has 0 saturated carbocycles. The highest BCUT2D eigenvalue weighted by Gasteiger charge is 2.22. The molecule has 0 bridgehead atoms. The number of carbonyl (C=O) groups is 3. The number of amides is 4. The van der Waals surface area contributed by atoms with Gasteiger partial charge in [0, 0.05) is 36.6 Å². The average molecular weight is 414 g/mol. The normalized spacial score (nSPS) is 15.3. The van der Waals surface area contributed by atoms with E-state index >= 15 is 0 Å². The first-order chi connectivity index (χ1) is 14.5. The predicted molar refractivity (Wildman–Crippen MR) is 110 cm³/mol. The fourth-order valence-corrected chi connectivity index (χ4v) is 2.89. The molecule has 1 saturated heterocycles. The van der Waals surface area contributed by atoms with Crippen LogP contribution in [0.4, 0.5) is 20.6 Å². The van der Waals surface area contributed by atoms with Crippen molar-refractivity contribution in [3.05, 3.63) is 59.9 Å². The third kappa shape index (κ3) is 6.28. The van der Waals surface area contributed by atoms with Crippen molar-refractivity contribution >= 4 is 29.2 Å². The lowest BCUT2D eigenvalue weighted by atomic mass is 10.2. The van der Waals surface area contributed by atoms with Gasteiger partial charge in [-0.3, -0.25) is 9.59 Å². The van der Waals surface area contributed by atoms with Crippen molar-refractivity contribution in [3.8, 4) is 0 Å². The molecule has 8 nitrogen and oxygen atoms in total. The summed E-state index contributed by atoms with van der Waals surface area (Å²) < 4.78 is 18.2. The van der Waals surface area contributed by atoms with Crippen LogP contribution in [0.3, 0.4) is 0 Å². The molecule has 30 heavy (non-hydrogen) atoms. The smallest absolute Gasteiger partial charge is 0.323 e. The SMILES string of the molecule is O=C(Nc1ccc(F)cc1)Nc1ccc(C(=O)NCCNC(=O)C2CCCO2)cc1. The number of urea groups is 1. The molecule has 1 atom stereocenters. The van der Waals surface area contributed by atoms with E-state index in [2.05, 4.69) is 21.3 Å². The highest BCUT2D eigenvalue weighted by molar-refractivity contribution is 6.00. The number of nitrogens with one attached hydrogen (secondary N) is 4. The lowest BCUT2D eigenvalue weighted by Gasteiger charge is -2.11. The van der Waals surface area contributed by atoms with E-state index in [1.54, 1.807) is 24.3 Å². The number of hydrogen-bond donors (Lipinski definition) is 4. The zero-order valence-electron chi connectivity index (χ0n) is 16.2. The Hall–Kier alpha value is -3.46. The zero-order chi connectivity index (χ0) is 21.3. The molecule has 1 unspecified atom stereocenters. The molecule has 3 rings (SSSR count). The lowest BCUT2D eigenvalue weighted by Crippen LogP contribution is -2.39. The molecule has 0 aliphatic carbocycles. The molecule has 0 spiro atoms. The van der Waals surface area contributed by atoms with Crippen molar-refractivity contribution < 1.29 is 23.5 Å². The van der Waals surface area contributed by atoms with E-state index in [-0.39, 0.29) is 30.3 Å². The zero-order valence-corrected chi connectivity index (χ0v) is 16.2. The molecule has 1 fully saturated rings. The Kier molecular flexibility index (Phi) is 7.34. The lowest BCUT2D eigenvalue weighted by molar-refractivity contribution is -0.129. The molecule has 1 aliphatic heterocycles. The number of ether oxygens (including phenoxy) is 1. The summed E-state index contributed by atoms with van der Waals surface area (Å²) >= 11 is 0. The Balaban J connectivity index is 1.39. The summed E-state index contributed by atoms with van der Waals surface area (Å²) in [5, 5.41) is 10.7. The molecule has 158 valence electrons. The predicted octanol–water partition coefficient (Wildman–Crippen LogP) is 2.49. The van der Waals surface area contributed by atoms with Gasteiger partial charge >= 0.3 is 6.03 Å². The van der Waals surface area contributed by atoms with Crippen molar-refractivity contribution in [1.82, 2.24) is 10.6 Å². The number of carbonyl (C=O) groups excluding carboxylic acids is 3. The largest absolute Gasteiger partial charge is 0.368 e. The monoisotopic (exact) mass is 414 g/mol. The summed E-state index contributed by atoms with van der Waals surface area (Å²) in [5.41, 5.74) is 1.37. The van der Waals surface area contributed by atoms with Crippen LogP contribution in [-0.4, -0.2) is 43.6 Å². The Morgan fingerprint density at radius 3 is 2.10 bits per heavy atom. The summed E-state index contributed by atoms with van der Waals surface area (Å²) in [4.78, 5) is 36.0. The van der Waals surface area contributed by atoms with Crippen molar-refractivity contribution in [1.29, 1.82) is 0 Å². The summed E-state index contributed by atoms with van der Waals surface area (Å²) in [7, 11) is 0. The fourth-order valence-electron chi connectivity index (χ4n) is 2.89. The van der Waals surface area contributed by atoms with E-state index in [1.165, 1.54) is 24.3 Å². The summed E-state index contributed by atoms with van der Waals surface area (Å²) in [6.07, 6.45) is 1.22. The number of halogens is 1. The van der Waals surface area contributed by atoms with Gasteiger partial charge in [-0.2, -0.15) is 0 Å². The van der Waals surface area contributed by atoms with Gasteiger partial charge in [0.2, 0.25) is 5.91 Å². The van der Waals surface area contributed by atoms with Crippen LogP contribution in [0, 0.1) is 5.82 Å². The van der Waals surface area contributed by atoms with Gasteiger partial charge in [-0.25, -0.2) is 9.18 Å². The summed E-state index contributed by atoms with van der Waals surface area (Å²) in [5.74, 6) is -0.834. The maximum atomic E-state index is 12.9. The van der Waals surface area contributed by atoms with Gasteiger partial charge in [-0.05, 0) is 61.4 Å². The fraction of sp³-hybridized carbons (Fsp3) is 0.286.